The normalized spacial score (nSPS) is 14.5. The van der Waals surface area contributed by atoms with Gasteiger partial charge >= 0.3 is 0 Å². The van der Waals surface area contributed by atoms with E-state index in [1.54, 1.807) is 0 Å². The van der Waals surface area contributed by atoms with Crippen molar-refractivity contribution in [1.29, 1.82) is 0 Å². The standard InChI is InChI=1S/C80H70N4/c1-49(2)67-47-77(81(71-35-19-25-53-23-9-11-27-57(53)71)55-37-39-61-59-29-13-17-33-73(59)83(75(61)45-55)69-31-15-7-21-51(69)5)65-44-42-64-68(50(3)4)48-78(66-43-41-63(67)79(65)80(64)66)82(72-36-20-26-54-24-10-12-28-58(54)72)56-38-40-62-60-30-14-18-34-74(60)84(76(62)46-56)70-32-16-8-22-52(70)6/h7-9,11,13-18,20-23,26-27,29-34,36-50,71H,10,12,19,24-25,28,35H2,1-6H3. The zero-order valence-electron chi connectivity index (χ0n) is 49.2. The van der Waals surface area contributed by atoms with E-state index in [-0.39, 0.29) is 17.9 Å². The molecule has 14 aromatic rings. The van der Waals surface area contributed by atoms with E-state index in [0.717, 1.165) is 32.1 Å². The molecule has 410 valence electrons. The van der Waals surface area contributed by atoms with E-state index in [1.807, 2.05) is 0 Å². The van der Waals surface area contributed by atoms with Gasteiger partial charge in [-0.05, 0) is 203 Å². The Morgan fingerprint density at radius 1 is 0.381 bits per heavy atom. The second-order valence-electron chi connectivity index (χ2n) is 25.0. The summed E-state index contributed by atoms with van der Waals surface area (Å²) in [5, 5.41) is 13.1. The highest BCUT2D eigenvalue weighted by Crippen LogP contribution is 2.54. The molecule has 2 aromatic heterocycles. The lowest BCUT2D eigenvalue weighted by Gasteiger charge is -2.39. The van der Waals surface area contributed by atoms with Gasteiger partial charge in [0, 0.05) is 66.4 Å². The lowest BCUT2D eigenvalue weighted by Crippen LogP contribution is -2.27. The highest BCUT2D eigenvalue weighted by molar-refractivity contribution is 6.29. The average Bonchev–Trinajstić information content (AvgIpc) is 1.90. The van der Waals surface area contributed by atoms with E-state index >= 15 is 0 Å². The Kier molecular flexibility index (Phi) is 11.9. The van der Waals surface area contributed by atoms with E-state index in [2.05, 4.69) is 273 Å². The summed E-state index contributed by atoms with van der Waals surface area (Å²) < 4.78 is 5.03. The van der Waals surface area contributed by atoms with Crippen molar-refractivity contribution in [3.63, 3.8) is 0 Å². The summed E-state index contributed by atoms with van der Waals surface area (Å²) in [6.45, 7) is 14.1. The molecule has 16 rings (SSSR count). The fourth-order valence-electron chi connectivity index (χ4n) is 15.6. The number of anilines is 5. The largest absolute Gasteiger partial charge is 0.333 e. The van der Waals surface area contributed by atoms with Crippen molar-refractivity contribution in [3.05, 3.63) is 257 Å². The molecule has 0 saturated carbocycles. The Hall–Kier alpha value is -9.12. The molecule has 0 bridgehead atoms. The van der Waals surface area contributed by atoms with E-state index in [4.69, 9.17) is 0 Å². The molecule has 2 aliphatic carbocycles. The number of para-hydroxylation sites is 4. The van der Waals surface area contributed by atoms with Crippen LogP contribution < -0.4 is 9.80 Å². The average molecular weight is 1090 g/mol. The molecule has 0 radical (unpaired) electrons. The molecule has 2 aliphatic rings. The number of hydrogen-bond acceptors (Lipinski definition) is 2. The number of fused-ring (bicyclic) bond motifs is 8. The lowest BCUT2D eigenvalue weighted by molar-refractivity contribution is 0.559. The predicted octanol–water partition coefficient (Wildman–Crippen LogP) is 22.2. The van der Waals surface area contributed by atoms with Crippen LogP contribution in [0.4, 0.5) is 28.4 Å². The number of nitrogens with zero attached hydrogens (tertiary/aromatic N) is 4. The van der Waals surface area contributed by atoms with Crippen molar-refractivity contribution in [2.75, 3.05) is 9.80 Å². The van der Waals surface area contributed by atoms with Crippen LogP contribution in [0.5, 0.6) is 0 Å². The van der Waals surface area contributed by atoms with E-state index in [9.17, 15) is 0 Å². The van der Waals surface area contributed by atoms with Crippen LogP contribution in [0.2, 0.25) is 0 Å². The molecule has 0 fully saturated rings. The highest BCUT2D eigenvalue weighted by atomic mass is 15.2. The van der Waals surface area contributed by atoms with Crippen molar-refractivity contribution >= 4 is 104 Å². The first kappa shape index (κ1) is 50.6. The summed E-state index contributed by atoms with van der Waals surface area (Å²) in [4.78, 5) is 5.46. The van der Waals surface area contributed by atoms with Gasteiger partial charge < -0.3 is 18.9 Å². The van der Waals surface area contributed by atoms with Gasteiger partial charge in [0.2, 0.25) is 0 Å². The second kappa shape index (κ2) is 19.8. The molecule has 0 saturated heterocycles. The Bertz CT molecular complexity index is 4950. The van der Waals surface area contributed by atoms with Crippen LogP contribution in [0.1, 0.15) is 116 Å². The monoisotopic (exact) mass is 1090 g/mol. The Labute approximate surface area is 493 Å². The van der Waals surface area contributed by atoms with Gasteiger partial charge in [-0.3, -0.25) is 0 Å². The minimum atomic E-state index is 0.119. The Morgan fingerprint density at radius 2 is 0.869 bits per heavy atom. The Balaban J connectivity index is 1.00. The fraction of sp³-hybridized carbons (Fsp3) is 0.200. The first-order chi connectivity index (χ1) is 41.2. The maximum atomic E-state index is 2.78. The molecule has 1 atom stereocenters. The molecule has 4 heteroatoms. The smallest absolute Gasteiger partial charge is 0.0594 e. The topological polar surface area (TPSA) is 16.3 Å². The number of rotatable bonds is 10. The third kappa shape index (κ3) is 7.72. The molecular formula is C80H70N4. The van der Waals surface area contributed by atoms with Crippen molar-refractivity contribution in [3.8, 4) is 11.4 Å². The van der Waals surface area contributed by atoms with E-state index in [0.29, 0.717) is 0 Å². The lowest BCUT2D eigenvalue weighted by atomic mass is 9.82. The number of hydrogen-bond donors (Lipinski definition) is 0. The third-order valence-electron chi connectivity index (χ3n) is 19.5. The SMILES string of the molecule is Cc1ccccc1-n1c2ccccc2c2ccc(N(c3cccc4c3CCCC4)c3cc(C(C)C)c4ccc5c(N(c6ccc7c8ccccc8n(-c8ccccc8C)c7c6)C6CCCc7ccccc76)cc(C(C)C)c6ccc3c4c65)cc21. The van der Waals surface area contributed by atoms with E-state index < -0.39 is 0 Å². The van der Waals surface area contributed by atoms with Gasteiger partial charge in [0.05, 0.1) is 33.8 Å². The molecule has 2 heterocycles. The van der Waals surface area contributed by atoms with Gasteiger partial charge in [-0.1, -0.05) is 173 Å². The van der Waals surface area contributed by atoms with Crippen molar-refractivity contribution in [1.82, 2.24) is 9.13 Å². The van der Waals surface area contributed by atoms with Crippen molar-refractivity contribution < 1.29 is 0 Å². The third-order valence-corrected chi connectivity index (χ3v) is 19.5. The Morgan fingerprint density at radius 3 is 1.51 bits per heavy atom. The molecule has 0 N–H and O–H groups in total. The van der Waals surface area contributed by atoms with Crippen LogP contribution in [0.15, 0.2) is 212 Å². The predicted molar refractivity (Wildman–Crippen MR) is 359 cm³/mol. The van der Waals surface area contributed by atoms with Gasteiger partial charge in [-0.15, -0.1) is 0 Å². The summed E-state index contributed by atoms with van der Waals surface area (Å²) in [5.74, 6) is 0.528. The first-order valence-corrected chi connectivity index (χ1v) is 30.9. The van der Waals surface area contributed by atoms with Gasteiger partial charge in [-0.25, -0.2) is 0 Å². The molecule has 1 unspecified atom stereocenters. The number of benzene rings is 12. The molecule has 0 amide bonds. The van der Waals surface area contributed by atoms with Crippen LogP contribution in [-0.4, -0.2) is 9.13 Å². The summed E-state index contributed by atoms with van der Waals surface area (Å²) in [7, 11) is 0. The van der Waals surface area contributed by atoms with Crippen LogP contribution in [-0.2, 0) is 19.3 Å². The molecular weight excluding hydrogens is 1020 g/mol. The quantitative estimate of drug-likeness (QED) is 0.127. The van der Waals surface area contributed by atoms with Crippen LogP contribution >= 0.6 is 0 Å². The molecule has 84 heavy (non-hydrogen) atoms. The van der Waals surface area contributed by atoms with E-state index in [1.165, 1.54) is 173 Å². The molecule has 0 aliphatic heterocycles. The zero-order chi connectivity index (χ0) is 56.5. The minimum Gasteiger partial charge on any atom is -0.333 e. The number of aryl methyl sites for hydroxylation is 4. The maximum Gasteiger partial charge on any atom is 0.0594 e. The molecule has 12 aromatic carbocycles. The summed E-state index contributed by atoms with van der Waals surface area (Å²) >= 11 is 0. The molecule has 0 spiro atoms. The summed E-state index contributed by atoms with van der Waals surface area (Å²) in [5.41, 5.74) is 24.7. The minimum absolute atomic E-state index is 0.119. The van der Waals surface area contributed by atoms with Gasteiger partial charge in [-0.2, -0.15) is 0 Å². The van der Waals surface area contributed by atoms with Crippen LogP contribution in [0.25, 0.3) is 87.3 Å². The highest BCUT2D eigenvalue weighted by Gasteiger charge is 2.33. The van der Waals surface area contributed by atoms with Crippen molar-refractivity contribution in [2.45, 2.75) is 104 Å². The van der Waals surface area contributed by atoms with Gasteiger partial charge in [0.25, 0.3) is 0 Å². The summed E-state index contributed by atoms with van der Waals surface area (Å²) in [6, 6.07) is 82.1. The fourth-order valence-corrected chi connectivity index (χ4v) is 15.6. The summed E-state index contributed by atoms with van der Waals surface area (Å²) in [6.07, 6.45) is 7.87. The molecule has 4 nitrogen and oxygen atoms in total. The van der Waals surface area contributed by atoms with Crippen molar-refractivity contribution in [2.24, 2.45) is 0 Å². The second-order valence-corrected chi connectivity index (χ2v) is 25.0. The maximum absolute atomic E-state index is 2.78. The van der Waals surface area contributed by atoms with Crippen LogP contribution in [0, 0.1) is 13.8 Å². The van der Waals surface area contributed by atoms with Gasteiger partial charge in [0.1, 0.15) is 0 Å². The number of aromatic nitrogens is 2. The van der Waals surface area contributed by atoms with Crippen LogP contribution in [0.3, 0.4) is 0 Å². The zero-order valence-corrected chi connectivity index (χ0v) is 49.2. The first-order valence-electron chi connectivity index (χ1n) is 30.9. The van der Waals surface area contributed by atoms with Gasteiger partial charge in [0.15, 0.2) is 0 Å².